The Balaban J connectivity index is 2.44. The SMILES string of the molecule is CC1(F)CCc2cccc(Br)c2C1. The van der Waals surface area contributed by atoms with E-state index in [2.05, 4.69) is 22.0 Å². The first-order valence-corrected chi connectivity index (χ1v) is 5.33. The number of alkyl halides is 1. The molecular weight excluding hydrogens is 231 g/mol. The molecule has 13 heavy (non-hydrogen) atoms. The van der Waals surface area contributed by atoms with Crippen molar-refractivity contribution in [2.45, 2.75) is 31.9 Å². The Morgan fingerprint density at radius 2 is 2.23 bits per heavy atom. The smallest absolute Gasteiger partial charge is 0.112 e. The van der Waals surface area contributed by atoms with Crippen LogP contribution in [0.5, 0.6) is 0 Å². The summed E-state index contributed by atoms with van der Waals surface area (Å²) >= 11 is 3.47. The maximum absolute atomic E-state index is 13.7. The fraction of sp³-hybridized carbons (Fsp3) is 0.455. The van der Waals surface area contributed by atoms with Gasteiger partial charge in [0.25, 0.3) is 0 Å². The largest absolute Gasteiger partial charge is 0.244 e. The quantitative estimate of drug-likeness (QED) is 0.652. The zero-order valence-corrected chi connectivity index (χ0v) is 9.20. The fourth-order valence-corrected chi connectivity index (χ4v) is 2.44. The molecule has 2 heteroatoms. The normalized spacial score (nSPS) is 27.0. The van der Waals surface area contributed by atoms with Gasteiger partial charge >= 0.3 is 0 Å². The van der Waals surface area contributed by atoms with Crippen LogP contribution >= 0.6 is 15.9 Å². The van der Waals surface area contributed by atoms with Gasteiger partial charge in [-0.3, -0.25) is 0 Å². The molecule has 0 heterocycles. The molecule has 0 spiro atoms. The van der Waals surface area contributed by atoms with Gasteiger partial charge in [-0.25, -0.2) is 4.39 Å². The molecule has 0 bridgehead atoms. The van der Waals surface area contributed by atoms with Crippen LogP contribution in [0.3, 0.4) is 0 Å². The second kappa shape index (κ2) is 3.09. The minimum Gasteiger partial charge on any atom is -0.244 e. The summed E-state index contributed by atoms with van der Waals surface area (Å²) in [7, 11) is 0. The van der Waals surface area contributed by atoms with Gasteiger partial charge < -0.3 is 0 Å². The number of halogens is 2. The maximum atomic E-state index is 13.7. The van der Waals surface area contributed by atoms with Crippen molar-refractivity contribution in [2.24, 2.45) is 0 Å². The molecule has 1 aliphatic rings. The summed E-state index contributed by atoms with van der Waals surface area (Å²) in [6.07, 6.45) is 2.06. The molecule has 0 aromatic heterocycles. The average Bonchev–Trinajstić information content (AvgIpc) is 2.06. The monoisotopic (exact) mass is 242 g/mol. The Labute approximate surface area is 86.3 Å². The topological polar surface area (TPSA) is 0 Å². The molecule has 1 atom stereocenters. The molecule has 1 aromatic rings. The van der Waals surface area contributed by atoms with Crippen molar-refractivity contribution < 1.29 is 4.39 Å². The van der Waals surface area contributed by atoms with Crippen molar-refractivity contribution in [1.82, 2.24) is 0 Å². The van der Waals surface area contributed by atoms with Gasteiger partial charge in [0.05, 0.1) is 0 Å². The lowest BCUT2D eigenvalue weighted by Crippen LogP contribution is -2.27. The van der Waals surface area contributed by atoms with E-state index in [0.29, 0.717) is 12.8 Å². The van der Waals surface area contributed by atoms with E-state index >= 15 is 0 Å². The first-order chi connectivity index (χ1) is 6.08. The number of fused-ring (bicyclic) bond motifs is 1. The molecule has 2 rings (SSSR count). The van der Waals surface area contributed by atoms with Crippen LogP contribution in [-0.4, -0.2) is 5.67 Å². The summed E-state index contributed by atoms with van der Waals surface area (Å²) < 4.78 is 14.8. The molecule has 0 fully saturated rings. The molecule has 0 amide bonds. The van der Waals surface area contributed by atoms with Gasteiger partial charge in [-0.1, -0.05) is 28.1 Å². The molecule has 1 aromatic carbocycles. The van der Waals surface area contributed by atoms with Gasteiger partial charge in [0, 0.05) is 10.9 Å². The van der Waals surface area contributed by atoms with E-state index in [1.807, 2.05) is 12.1 Å². The minimum atomic E-state index is -1.02. The number of benzene rings is 1. The van der Waals surface area contributed by atoms with E-state index in [0.717, 1.165) is 16.5 Å². The number of rotatable bonds is 0. The van der Waals surface area contributed by atoms with Crippen molar-refractivity contribution in [2.75, 3.05) is 0 Å². The zero-order chi connectivity index (χ0) is 9.47. The highest BCUT2D eigenvalue weighted by molar-refractivity contribution is 9.10. The van der Waals surface area contributed by atoms with Gasteiger partial charge in [-0.15, -0.1) is 0 Å². The van der Waals surface area contributed by atoms with Crippen molar-refractivity contribution in [3.05, 3.63) is 33.8 Å². The Kier molecular flexibility index (Phi) is 2.18. The van der Waals surface area contributed by atoms with Crippen molar-refractivity contribution in [3.8, 4) is 0 Å². The van der Waals surface area contributed by atoms with Crippen LogP contribution in [0.1, 0.15) is 24.5 Å². The molecule has 0 saturated heterocycles. The van der Waals surface area contributed by atoms with Crippen molar-refractivity contribution in [3.63, 3.8) is 0 Å². The third kappa shape index (κ3) is 1.78. The van der Waals surface area contributed by atoms with Crippen LogP contribution in [0, 0.1) is 0 Å². The highest BCUT2D eigenvalue weighted by atomic mass is 79.9. The van der Waals surface area contributed by atoms with Crippen LogP contribution in [0.2, 0.25) is 0 Å². The van der Waals surface area contributed by atoms with Gasteiger partial charge in [0.1, 0.15) is 5.67 Å². The van der Waals surface area contributed by atoms with Crippen LogP contribution < -0.4 is 0 Å². The van der Waals surface area contributed by atoms with Gasteiger partial charge in [-0.05, 0) is 37.0 Å². The molecule has 1 unspecified atom stereocenters. The van der Waals surface area contributed by atoms with E-state index in [4.69, 9.17) is 0 Å². The molecule has 0 radical (unpaired) electrons. The Morgan fingerprint density at radius 1 is 1.46 bits per heavy atom. The van der Waals surface area contributed by atoms with Crippen molar-refractivity contribution in [1.29, 1.82) is 0 Å². The second-order valence-corrected chi connectivity index (χ2v) is 4.82. The summed E-state index contributed by atoms with van der Waals surface area (Å²) in [5.41, 5.74) is 1.43. The lowest BCUT2D eigenvalue weighted by molar-refractivity contribution is 0.166. The molecule has 0 nitrogen and oxygen atoms in total. The summed E-state index contributed by atoms with van der Waals surface area (Å²) in [5.74, 6) is 0. The molecular formula is C11H12BrF. The Hall–Kier alpha value is -0.370. The number of hydrogen-bond donors (Lipinski definition) is 0. The van der Waals surface area contributed by atoms with Crippen LogP contribution in [0.4, 0.5) is 4.39 Å². The first-order valence-electron chi connectivity index (χ1n) is 4.54. The van der Waals surface area contributed by atoms with E-state index in [9.17, 15) is 4.39 Å². The van der Waals surface area contributed by atoms with E-state index in [1.54, 1.807) is 6.92 Å². The highest BCUT2D eigenvalue weighted by Gasteiger charge is 2.30. The summed E-state index contributed by atoms with van der Waals surface area (Å²) in [5, 5.41) is 0. The summed E-state index contributed by atoms with van der Waals surface area (Å²) in [6.45, 7) is 1.69. The predicted octanol–water partition coefficient (Wildman–Crippen LogP) is 3.67. The minimum absolute atomic E-state index is 0.545. The number of aryl methyl sites for hydroxylation is 1. The highest BCUT2D eigenvalue weighted by Crippen LogP contribution is 2.34. The summed E-state index contributed by atoms with van der Waals surface area (Å²) in [4.78, 5) is 0. The predicted molar refractivity (Wildman–Crippen MR) is 55.7 cm³/mol. The fourth-order valence-electron chi connectivity index (χ4n) is 1.89. The maximum Gasteiger partial charge on any atom is 0.112 e. The van der Waals surface area contributed by atoms with Crippen LogP contribution in [0.25, 0.3) is 0 Å². The molecule has 0 aliphatic heterocycles. The van der Waals surface area contributed by atoms with Crippen molar-refractivity contribution >= 4 is 15.9 Å². The first kappa shape index (κ1) is 9.20. The third-order valence-corrected chi connectivity index (χ3v) is 3.42. The number of hydrogen-bond acceptors (Lipinski definition) is 0. The Morgan fingerprint density at radius 3 is 3.00 bits per heavy atom. The molecule has 0 saturated carbocycles. The van der Waals surface area contributed by atoms with Crippen LogP contribution in [-0.2, 0) is 12.8 Å². The average molecular weight is 243 g/mol. The second-order valence-electron chi connectivity index (χ2n) is 3.97. The lowest BCUT2D eigenvalue weighted by Gasteiger charge is -2.28. The Bertz CT molecular complexity index is 331. The van der Waals surface area contributed by atoms with Gasteiger partial charge in [0.2, 0.25) is 0 Å². The van der Waals surface area contributed by atoms with E-state index in [1.165, 1.54) is 5.56 Å². The molecule has 70 valence electrons. The summed E-state index contributed by atoms with van der Waals surface area (Å²) in [6, 6.07) is 6.10. The van der Waals surface area contributed by atoms with E-state index < -0.39 is 5.67 Å². The van der Waals surface area contributed by atoms with Gasteiger partial charge in [0.15, 0.2) is 0 Å². The standard InChI is InChI=1S/C11H12BrF/c1-11(13)6-5-8-3-2-4-10(12)9(8)7-11/h2-4H,5-7H2,1H3. The molecule has 0 N–H and O–H groups in total. The third-order valence-electron chi connectivity index (χ3n) is 2.68. The van der Waals surface area contributed by atoms with Crippen LogP contribution in [0.15, 0.2) is 22.7 Å². The van der Waals surface area contributed by atoms with Gasteiger partial charge in [-0.2, -0.15) is 0 Å². The molecule has 1 aliphatic carbocycles. The zero-order valence-electron chi connectivity index (χ0n) is 7.61. The lowest BCUT2D eigenvalue weighted by atomic mass is 9.83. The van der Waals surface area contributed by atoms with E-state index in [-0.39, 0.29) is 0 Å².